The van der Waals surface area contributed by atoms with Crippen molar-refractivity contribution in [2.75, 3.05) is 6.54 Å². The number of oxime groups is 1. The van der Waals surface area contributed by atoms with Gasteiger partial charge in [-0.3, -0.25) is 9.58 Å². The van der Waals surface area contributed by atoms with Gasteiger partial charge >= 0.3 is 0 Å². The average molecular weight is 237 g/mol. The molecule has 0 amide bonds. The predicted octanol–water partition coefficient (Wildman–Crippen LogP) is 0.521. The molecule has 6 heteroatoms. The molecule has 0 spiro atoms. The van der Waals surface area contributed by atoms with Gasteiger partial charge in [0.05, 0.1) is 6.20 Å². The van der Waals surface area contributed by atoms with E-state index in [1.807, 2.05) is 24.1 Å². The summed E-state index contributed by atoms with van der Waals surface area (Å²) in [6, 6.07) is 0.654. The van der Waals surface area contributed by atoms with Crippen molar-refractivity contribution in [3.8, 4) is 0 Å². The van der Waals surface area contributed by atoms with Gasteiger partial charge in [0.2, 0.25) is 0 Å². The molecule has 0 saturated heterocycles. The summed E-state index contributed by atoms with van der Waals surface area (Å²) < 4.78 is 1.81. The van der Waals surface area contributed by atoms with Crippen LogP contribution in [0.5, 0.6) is 0 Å². The lowest BCUT2D eigenvalue weighted by molar-refractivity contribution is 0.259. The van der Waals surface area contributed by atoms with Crippen molar-refractivity contribution in [2.24, 2.45) is 17.9 Å². The summed E-state index contributed by atoms with van der Waals surface area (Å²) in [5.74, 6) is 0.293. The number of hydrogen-bond donors (Lipinski definition) is 2. The monoisotopic (exact) mass is 237 g/mol. The molecule has 6 nitrogen and oxygen atoms in total. The molecule has 0 aromatic carbocycles. The van der Waals surface area contributed by atoms with E-state index in [1.54, 1.807) is 0 Å². The van der Waals surface area contributed by atoms with Crippen LogP contribution in [0.3, 0.4) is 0 Å². The first-order valence-corrected chi connectivity index (χ1v) is 5.87. The molecule has 0 unspecified atom stereocenters. The maximum Gasteiger partial charge on any atom is 0.140 e. The Labute approximate surface area is 101 Å². The molecule has 3 N–H and O–H groups in total. The lowest BCUT2D eigenvalue weighted by Gasteiger charge is -2.20. The lowest BCUT2D eigenvalue weighted by atomic mass is 10.3. The summed E-state index contributed by atoms with van der Waals surface area (Å²) in [7, 11) is 1.92. The van der Waals surface area contributed by atoms with Crippen LogP contribution in [-0.4, -0.2) is 38.3 Å². The fourth-order valence-corrected chi connectivity index (χ4v) is 1.93. The number of rotatable bonds is 6. The highest BCUT2D eigenvalue weighted by atomic mass is 16.4. The summed E-state index contributed by atoms with van der Waals surface area (Å²) in [4.78, 5) is 2.37. The highest BCUT2D eigenvalue weighted by molar-refractivity contribution is 5.79. The zero-order chi connectivity index (χ0) is 12.3. The SMILES string of the molecule is Cn1cc(CN(CCC(N)=NO)C2CC2)cn1. The first kappa shape index (κ1) is 11.9. The van der Waals surface area contributed by atoms with Crippen LogP contribution in [0.25, 0.3) is 0 Å². The third-order valence-corrected chi connectivity index (χ3v) is 2.99. The van der Waals surface area contributed by atoms with Gasteiger partial charge in [0.15, 0.2) is 0 Å². The molecule has 94 valence electrons. The highest BCUT2D eigenvalue weighted by Crippen LogP contribution is 2.28. The normalized spacial score (nSPS) is 16.7. The van der Waals surface area contributed by atoms with Crippen molar-refractivity contribution in [1.82, 2.24) is 14.7 Å². The van der Waals surface area contributed by atoms with Crippen LogP contribution in [0.2, 0.25) is 0 Å². The average Bonchev–Trinajstić information content (AvgIpc) is 3.08. The molecule has 1 fully saturated rings. The van der Waals surface area contributed by atoms with Crippen molar-refractivity contribution in [3.05, 3.63) is 18.0 Å². The molecule has 1 aliphatic carbocycles. The number of aromatic nitrogens is 2. The van der Waals surface area contributed by atoms with E-state index in [0.717, 1.165) is 13.1 Å². The van der Waals surface area contributed by atoms with E-state index in [-0.39, 0.29) is 0 Å². The molecule has 1 heterocycles. The van der Waals surface area contributed by atoms with Crippen LogP contribution in [0, 0.1) is 0 Å². The predicted molar refractivity (Wildman–Crippen MR) is 64.7 cm³/mol. The van der Waals surface area contributed by atoms with Gasteiger partial charge in [0.1, 0.15) is 5.84 Å². The molecular formula is C11H19N5O. The van der Waals surface area contributed by atoms with Crippen molar-refractivity contribution >= 4 is 5.84 Å². The number of hydrogen-bond acceptors (Lipinski definition) is 4. The minimum absolute atomic E-state index is 0.293. The second kappa shape index (κ2) is 5.18. The van der Waals surface area contributed by atoms with E-state index < -0.39 is 0 Å². The maximum absolute atomic E-state index is 8.53. The van der Waals surface area contributed by atoms with Gasteiger partial charge in [-0.05, 0) is 12.8 Å². The van der Waals surface area contributed by atoms with Gasteiger partial charge in [-0.15, -0.1) is 0 Å². The Bertz CT molecular complexity index is 396. The van der Waals surface area contributed by atoms with Gasteiger partial charge in [0.25, 0.3) is 0 Å². The van der Waals surface area contributed by atoms with Crippen LogP contribution in [-0.2, 0) is 13.6 Å². The zero-order valence-electron chi connectivity index (χ0n) is 10.1. The Hall–Kier alpha value is -1.56. The summed E-state index contributed by atoms with van der Waals surface area (Å²) >= 11 is 0. The standard InChI is InChI=1S/C11H19N5O/c1-15-7-9(6-13-15)8-16(10-2-3-10)5-4-11(12)14-17/h6-7,10,17H,2-5,8H2,1H3,(H2,12,14). The molecule has 0 aliphatic heterocycles. The van der Waals surface area contributed by atoms with E-state index in [1.165, 1.54) is 18.4 Å². The van der Waals surface area contributed by atoms with Crippen LogP contribution in [0.4, 0.5) is 0 Å². The van der Waals surface area contributed by atoms with Crippen LogP contribution < -0.4 is 5.73 Å². The topological polar surface area (TPSA) is 79.7 Å². The van der Waals surface area contributed by atoms with Gasteiger partial charge in [0, 0.05) is 44.4 Å². The minimum Gasteiger partial charge on any atom is -0.409 e. The van der Waals surface area contributed by atoms with Gasteiger partial charge in [-0.25, -0.2) is 0 Å². The first-order chi connectivity index (χ1) is 8.19. The second-order valence-electron chi connectivity index (χ2n) is 4.57. The molecule has 0 radical (unpaired) electrons. The Balaban J connectivity index is 1.89. The van der Waals surface area contributed by atoms with Gasteiger partial charge < -0.3 is 10.9 Å². The Morgan fingerprint density at radius 2 is 2.47 bits per heavy atom. The number of amidine groups is 1. The molecule has 1 aliphatic rings. The minimum atomic E-state index is 0.293. The number of nitrogens with two attached hydrogens (primary N) is 1. The Kier molecular flexibility index (Phi) is 3.63. The third kappa shape index (κ3) is 3.45. The van der Waals surface area contributed by atoms with Crippen LogP contribution in [0.15, 0.2) is 17.5 Å². The van der Waals surface area contributed by atoms with Gasteiger partial charge in [-0.1, -0.05) is 5.16 Å². The van der Waals surface area contributed by atoms with E-state index in [9.17, 15) is 0 Å². The lowest BCUT2D eigenvalue weighted by Crippen LogP contribution is -2.29. The fraction of sp³-hybridized carbons (Fsp3) is 0.636. The molecule has 0 bridgehead atoms. The van der Waals surface area contributed by atoms with Crippen LogP contribution >= 0.6 is 0 Å². The van der Waals surface area contributed by atoms with Gasteiger partial charge in [-0.2, -0.15) is 5.10 Å². The summed E-state index contributed by atoms with van der Waals surface area (Å²) in [5.41, 5.74) is 6.70. The summed E-state index contributed by atoms with van der Waals surface area (Å²) in [5, 5.41) is 15.7. The maximum atomic E-state index is 8.53. The molecule has 2 rings (SSSR count). The Morgan fingerprint density at radius 1 is 1.71 bits per heavy atom. The van der Waals surface area contributed by atoms with Crippen molar-refractivity contribution in [2.45, 2.75) is 31.8 Å². The van der Waals surface area contributed by atoms with E-state index in [4.69, 9.17) is 10.9 Å². The van der Waals surface area contributed by atoms with Crippen molar-refractivity contribution < 1.29 is 5.21 Å². The van der Waals surface area contributed by atoms with Crippen LogP contribution in [0.1, 0.15) is 24.8 Å². The van der Waals surface area contributed by atoms with E-state index >= 15 is 0 Å². The largest absolute Gasteiger partial charge is 0.409 e. The Morgan fingerprint density at radius 3 is 3.00 bits per heavy atom. The first-order valence-electron chi connectivity index (χ1n) is 5.87. The zero-order valence-corrected chi connectivity index (χ0v) is 10.1. The molecule has 1 aromatic rings. The summed E-state index contributed by atoms with van der Waals surface area (Å²) in [6.07, 6.45) is 7.01. The third-order valence-electron chi connectivity index (χ3n) is 2.99. The number of nitrogens with zero attached hydrogens (tertiary/aromatic N) is 4. The van der Waals surface area contributed by atoms with Crippen molar-refractivity contribution in [3.63, 3.8) is 0 Å². The molecule has 0 atom stereocenters. The van der Waals surface area contributed by atoms with E-state index in [2.05, 4.69) is 15.2 Å². The second-order valence-corrected chi connectivity index (χ2v) is 4.57. The van der Waals surface area contributed by atoms with E-state index in [0.29, 0.717) is 18.3 Å². The highest BCUT2D eigenvalue weighted by Gasteiger charge is 2.28. The van der Waals surface area contributed by atoms with Crippen molar-refractivity contribution in [1.29, 1.82) is 0 Å². The quantitative estimate of drug-likeness (QED) is 0.327. The molecular weight excluding hydrogens is 218 g/mol. The molecule has 1 aromatic heterocycles. The summed E-state index contributed by atoms with van der Waals surface area (Å²) in [6.45, 7) is 1.71. The molecule has 17 heavy (non-hydrogen) atoms. The number of aryl methyl sites for hydroxylation is 1. The smallest absolute Gasteiger partial charge is 0.140 e. The molecule has 1 saturated carbocycles. The fourth-order valence-electron chi connectivity index (χ4n) is 1.93.